The lowest BCUT2D eigenvalue weighted by Gasteiger charge is -2.33. The molecule has 6 nitrogen and oxygen atoms in total. The molecule has 19 heavy (non-hydrogen) atoms. The zero-order valence-corrected chi connectivity index (χ0v) is 11.9. The summed E-state index contributed by atoms with van der Waals surface area (Å²) in [5.41, 5.74) is -1.02. The van der Waals surface area contributed by atoms with E-state index in [1.165, 1.54) is 0 Å². The smallest absolute Gasteiger partial charge is 0.311 e. The van der Waals surface area contributed by atoms with Gasteiger partial charge in [-0.3, -0.25) is 9.59 Å². The first kappa shape index (κ1) is 15.9. The van der Waals surface area contributed by atoms with Crippen molar-refractivity contribution in [2.45, 2.75) is 39.2 Å². The first-order valence-corrected chi connectivity index (χ1v) is 6.58. The number of aliphatic carboxylic acids is 1. The van der Waals surface area contributed by atoms with Crippen molar-refractivity contribution in [2.24, 2.45) is 5.41 Å². The van der Waals surface area contributed by atoms with Crippen molar-refractivity contribution in [3.05, 3.63) is 0 Å². The fourth-order valence-corrected chi connectivity index (χ4v) is 1.90. The highest BCUT2D eigenvalue weighted by atomic mass is 16.5. The Morgan fingerprint density at radius 2 is 1.84 bits per heavy atom. The van der Waals surface area contributed by atoms with E-state index in [0.717, 1.165) is 0 Å². The number of carbonyl (C=O) groups is 2. The maximum Gasteiger partial charge on any atom is 0.311 e. The van der Waals surface area contributed by atoms with Gasteiger partial charge >= 0.3 is 5.97 Å². The molecule has 6 heteroatoms. The zero-order valence-electron chi connectivity index (χ0n) is 11.9. The van der Waals surface area contributed by atoms with Crippen LogP contribution >= 0.6 is 0 Å². The Morgan fingerprint density at radius 1 is 1.26 bits per heavy atom. The van der Waals surface area contributed by atoms with Crippen LogP contribution in [0, 0.1) is 5.41 Å². The summed E-state index contributed by atoms with van der Waals surface area (Å²) in [5, 5.41) is 15.1. The van der Waals surface area contributed by atoms with Crippen molar-refractivity contribution in [1.29, 1.82) is 0 Å². The molecule has 1 fully saturated rings. The summed E-state index contributed by atoms with van der Waals surface area (Å²) in [6.07, 6.45) is 0.880. The minimum absolute atomic E-state index is 0.138. The topological polar surface area (TPSA) is 87.7 Å². The quantitative estimate of drug-likeness (QED) is 0.673. The number of hydrogen-bond acceptors (Lipinski definition) is 4. The second kappa shape index (κ2) is 6.34. The number of carboxylic acid groups (broad SMARTS) is 1. The van der Waals surface area contributed by atoms with E-state index in [2.05, 4.69) is 10.6 Å². The summed E-state index contributed by atoms with van der Waals surface area (Å²) >= 11 is 0. The number of rotatable bonds is 5. The van der Waals surface area contributed by atoms with Crippen molar-refractivity contribution >= 4 is 11.9 Å². The van der Waals surface area contributed by atoms with Crippen LogP contribution in [0.25, 0.3) is 0 Å². The highest BCUT2D eigenvalue weighted by Crippen LogP contribution is 2.29. The second-order valence-electron chi connectivity index (χ2n) is 6.08. The molecule has 0 atom stereocenters. The van der Waals surface area contributed by atoms with Crippen LogP contribution in [0.4, 0.5) is 0 Å². The molecule has 0 aliphatic carbocycles. The Labute approximate surface area is 113 Å². The highest BCUT2D eigenvalue weighted by Gasteiger charge is 2.40. The van der Waals surface area contributed by atoms with Gasteiger partial charge in [-0.15, -0.1) is 0 Å². The Balaban J connectivity index is 2.44. The molecule has 0 bridgehead atoms. The largest absolute Gasteiger partial charge is 0.481 e. The number of nitrogens with one attached hydrogen (secondary N) is 2. The lowest BCUT2D eigenvalue weighted by Crippen LogP contribution is -2.49. The van der Waals surface area contributed by atoms with Crippen molar-refractivity contribution < 1.29 is 19.4 Å². The van der Waals surface area contributed by atoms with Crippen molar-refractivity contribution in [3.63, 3.8) is 0 Å². The number of amides is 1. The van der Waals surface area contributed by atoms with Crippen LogP contribution in [0.2, 0.25) is 0 Å². The van der Waals surface area contributed by atoms with Crippen LogP contribution in [-0.4, -0.2) is 48.8 Å². The first-order chi connectivity index (χ1) is 8.75. The van der Waals surface area contributed by atoms with E-state index in [4.69, 9.17) is 4.74 Å². The third-order valence-corrected chi connectivity index (χ3v) is 3.31. The molecule has 1 amide bonds. The number of carboxylic acids is 1. The van der Waals surface area contributed by atoms with Crippen LogP contribution < -0.4 is 10.6 Å². The summed E-state index contributed by atoms with van der Waals surface area (Å²) in [5.74, 6) is -1.04. The van der Waals surface area contributed by atoms with Gasteiger partial charge in [0, 0.05) is 25.3 Å². The molecule has 0 unspecified atom stereocenters. The molecule has 3 N–H and O–H groups in total. The maximum absolute atomic E-state index is 11.7. The maximum atomic E-state index is 11.7. The summed E-state index contributed by atoms with van der Waals surface area (Å²) in [7, 11) is 0. The standard InChI is InChI=1S/C13H24N2O4/c1-12(2,3)15-8-10(16)14-9-13(11(17)18)4-6-19-7-5-13/h15H,4-9H2,1-3H3,(H,14,16)(H,17,18). The van der Waals surface area contributed by atoms with Gasteiger partial charge in [0.1, 0.15) is 0 Å². The molecule has 1 heterocycles. The molecule has 0 saturated carbocycles. The fraction of sp³-hybridized carbons (Fsp3) is 0.846. The van der Waals surface area contributed by atoms with Gasteiger partial charge in [-0.05, 0) is 33.6 Å². The average molecular weight is 272 g/mol. The Hall–Kier alpha value is -1.14. The molecule has 0 aromatic heterocycles. The van der Waals surface area contributed by atoms with Gasteiger partial charge in [-0.1, -0.05) is 0 Å². The zero-order chi connectivity index (χ0) is 14.5. The molecule has 1 aliphatic heterocycles. The minimum Gasteiger partial charge on any atom is -0.481 e. The van der Waals surface area contributed by atoms with E-state index in [-0.39, 0.29) is 24.5 Å². The molecule has 0 spiro atoms. The molecular formula is C13H24N2O4. The third kappa shape index (κ3) is 5.16. The second-order valence-corrected chi connectivity index (χ2v) is 6.08. The van der Waals surface area contributed by atoms with E-state index in [1.807, 2.05) is 20.8 Å². The van der Waals surface area contributed by atoms with Crippen molar-refractivity contribution in [3.8, 4) is 0 Å². The van der Waals surface area contributed by atoms with Crippen molar-refractivity contribution in [2.75, 3.05) is 26.3 Å². The van der Waals surface area contributed by atoms with Crippen LogP contribution in [0.3, 0.4) is 0 Å². The summed E-state index contributed by atoms with van der Waals surface area (Å²) in [6.45, 7) is 7.13. The van der Waals surface area contributed by atoms with E-state index < -0.39 is 11.4 Å². The SMILES string of the molecule is CC(C)(C)NCC(=O)NCC1(C(=O)O)CCOCC1. The minimum atomic E-state index is -0.879. The average Bonchev–Trinajstić information content (AvgIpc) is 2.34. The predicted octanol–water partition coefficient (Wildman–Crippen LogP) is 0.372. The van der Waals surface area contributed by atoms with Crippen LogP contribution in [-0.2, 0) is 14.3 Å². The van der Waals surface area contributed by atoms with Crippen LogP contribution in [0.1, 0.15) is 33.6 Å². The van der Waals surface area contributed by atoms with Crippen LogP contribution in [0.5, 0.6) is 0 Å². The molecule has 0 radical (unpaired) electrons. The monoisotopic (exact) mass is 272 g/mol. The molecule has 1 aliphatic rings. The van der Waals surface area contributed by atoms with Crippen LogP contribution in [0.15, 0.2) is 0 Å². The van der Waals surface area contributed by atoms with Gasteiger partial charge in [-0.2, -0.15) is 0 Å². The number of ether oxygens (including phenoxy) is 1. The molecule has 0 aromatic carbocycles. The van der Waals surface area contributed by atoms with Gasteiger partial charge in [0.05, 0.1) is 12.0 Å². The Morgan fingerprint density at radius 3 is 2.32 bits per heavy atom. The van der Waals surface area contributed by atoms with Gasteiger partial charge in [0.25, 0.3) is 0 Å². The Kier molecular flexibility index (Phi) is 5.31. The van der Waals surface area contributed by atoms with E-state index in [9.17, 15) is 14.7 Å². The highest BCUT2D eigenvalue weighted by molar-refractivity contribution is 5.80. The number of carbonyl (C=O) groups excluding carboxylic acids is 1. The molecular weight excluding hydrogens is 248 g/mol. The van der Waals surface area contributed by atoms with Crippen molar-refractivity contribution in [1.82, 2.24) is 10.6 Å². The lowest BCUT2D eigenvalue weighted by atomic mass is 9.80. The first-order valence-electron chi connectivity index (χ1n) is 6.58. The summed E-state index contributed by atoms with van der Waals surface area (Å²) in [6, 6.07) is 0. The van der Waals surface area contributed by atoms with Gasteiger partial charge in [0.2, 0.25) is 5.91 Å². The molecule has 110 valence electrons. The van der Waals surface area contributed by atoms with Gasteiger partial charge < -0.3 is 20.5 Å². The summed E-state index contributed by atoms with van der Waals surface area (Å²) < 4.78 is 5.19. The molecule has 1 rings (SSSR count). The van der Waals surface area contributed by atoms with Gasteiger partial charge in [0.15, 0.2) is 0 Å². The number of hydrogen-bond donors (Lipinski definition) is 3. The van der Waals surface area contributed by atoms with Gasteiger partial charge in [-0.25, -0.2) is 0 Å². The van der Waals surface area contributed by atoms with E-state index in [0.29, 0.717) is 26.1 Å². The molecule has 1 saturated heterocycles. The van der Waals surface area contributed by atoms with E-state index in [1.54, 1.807) is 0 Å². The lowest BCUT2D eigenvalue weighted by molar-refractivity contribution is -0.154. The normalized spacial score (nSPS) is 18.9. The predicted molar refractivity (Wildman–Crippen MR) is 70.9 cm³/mol. The fourth-order valence-electron chi connectivity index (χ4n) is 1.90. The Bertz CT molecular complexity index is 330. The molecule has 0 aromatic rings. The summed E-state index contributed by atoms with van der Waals surface area (Å²) in [4.78, 5) is 23.1. The van der Waals surface area contributed by atoms with E-state index >= 15 is 0 Å². The third-order valence-electron chi connectivity index (χ3n) is 3.31.